The molecule has 0 aliphatic heterocycles. The molecule has 0 aromatic rings. The molecule has 0 bridgehead atoms. The van der Waals surface area contributed by atoms with E-state index in [0.29, 0.717) is 19.3 Å². The van der Waals surface area contributed by atoms with Crippen LogP contribution >= 0.6 is 0 Å². The average Bonchev–Trinajstić information content (AvgIpc) is 3.22. The number of ether oxygens (including phenoxy) is 3. The third kappa shape index (κ3) is 45.0. The molecule has 0 amide bonds. The summed E-state index contributed by atoms with van der Waals surface area (Å²) in [5.74, 6) is -0.882. The van der Waals surface area contributed by atoms with Gasteiger partial charge in [0.25, 0.3) is 0 Å². The van der Waals surface area contributed by atoms with Crippen LogP contribution in [0.1, 0.15) is 271 Å². The Morgan fingerprint density at radius 1 is 0.328 bits per heavy atom. The Hall–Kier alpha value is -2.11. The fourth-order valence-electron chi connectivity index (χ4n) is 7.31. The molecule has 6 heteroatoms. The van der Waals surface area contributed by atoms with Crippen molar-refractivity contribution in [1.82, 2.24) is 0 Å². The highest BCUT2D eigenvalue weighted by atomic mass is 16.6. The van der Waals surface area contributed by atoms with Gasteiger partial charge in [-0.1, -0.05) is 206 Å². The number of hydrogen-bond acceptors (Lipinski definition) is 6. The Morgan fingerprint density at radius 3 is 0.897 bits per heavy atom. The molecule has 0 aliphatic rings. The molecule has 0 spiro atoms. The van der Waals surface area contributed by atoms with Crippen molar-refractivity contribution in [2.45, 2.75) is 277 Å². The SMILES string of the molecule is CCCCC/C=C\CCCCCCCC(=O)OC[C@H](COC(=O)CCCCCCCCCCCCCCCCCC)OC(=O)CCCCCCC/C=C\CCCCC. The van der Waals surface area contributed by atoms with Gasteiger partial charge in [0.05, 0.1) is 0 Å². The van der Waals surface area contributed by atoms with Crippen molar-refractivity contribution < 1.29 is 28.6 Å². The number of esters is 3. The lowest BCUT2D eigenvalue weighted by molar-refractivity contribution is -0.167. The van der Waals surface area contributed by atoms with E-state index in [-0.39, 0.29) is 31.1 Å². The van der Waals surface area contributed by atoms with Crippen LogP contribution in [0.4, 0.5) is 0 Å². The smallest absolute Gasteiger partial charge is 0.306 e. The van der Waals surface area contributed by atoms with E-state index < -0.39 is 6.10 Å². The normalized spacial score (nSPS) is 12.1. The van der Waals surface area contributed by atoms with E-state index in [9.17, 15) is 14.4 Å². The molecule has 1 atom stereocenters. The van der Waals surface area contributed by atoms with E-state index in [1.165, 1.54) is 161 Å². The molecule has 0 aromatic heterocycles. The maximum absolute atomic E-state index is 12.7. The van der Waals surface area contributed by atoms with Crippen LogP contribution in [0.2, 0.25) is 0 Å². The van der Waals surface area contributed by atoms with Crippen molar-refractivity contribution >= 4 is 17.9 Å². The average molecular weight is 817 g/mol. The molecule has 0 saturated carbocycles. The van der Waals surface area contributed by atoms with Crippen molar-refractivity contribution in [2.75, 3.05) is 13.2 Å². The second kappa shape index (κ2) is 47.6. The van der Waals surface area contributed by atoms with Gasteiger partial charge < -0.3 is 14.2 Å². The lowest BCUT2D eigenvalue weighted by Crippen LogP contribution is -2.30. The largest absolute Gasteiger partial charge is 0.462 e. The van der Waals surface area contributed by atoms with Crippen molar-refractivity contribution in [3.63, 3.8) is 0 Å². The fourth-order valence-corrected chi connectivity index (χ4v) is 7.31. The lowest BCUT2D eigenvalue weighted by Gasteiger charge is -2.18. The maximum Gasteiger partial charge on any atom is 0.306 e. The van der Waals surface area contributed by atoms with Crippen molar-refractivity contribution in [2.24, 2.45) is 0 Å². The Bertz CT molecular complexity index is 942. The van der Waals surface area contributed by atoms with Crippen LogP contribution in [0, 0.1) is 0 Å². The van der Waals surface area contributed by atoms with Crippen molar-refractivity contribution in [3.8, 4) is 0 Å². The quantitative estimate of drug-likeness (QED) is 0.0263. The number of unbranched alkanes of at least 4 members (excludes halogenated alkanes) is 31. The Balaban J connectivity index is 4.33. The van der Waals surface area contributed by atoms with Crippen LogP contribution in [0.5, 0.6) is 0 Å². The molecule has 0 fully saturated rings. The minimum atomic E-state index is -0.773. The third-order valence-electron chi connectivity index (χ3n) is 11.2. The summed E-state index contributed by atoms with van der Waals surface area (Å²) in [5, 5.41) is 0. The number of carbonyl (C=O) groups is 3. The number of allylic oxidation sites excluding steroid dienone is 4. The molecule has 0 N–H and O–H groups in total. The molecule has 0 aromatic carbocycles. The van der Waals surface area contributed by atoms with E-state index in [1.807, 2.05) is 0 Å². The van der Waals surface area contributed by atoms with Gasteiger partial charge in [0.2, 0.25) is 0 Å². The maximum atomic E-state index is 12.7. The second-order valence-corrected chi connectivity index (χ2v) is 17.1. The summed E-state index contributed by atoms with van der Waals surface area (Å²) in [6.07, 6.45) is 53.0. The predicted octanol–water partition coefficient (Wildman–Crippen LogP) is 16.4. The minimum Gasteiger partial charge on any atom is -0.462 e. The predicted molar refractivity (Wildman–Crippen MR) is 247 cm³/mol. The molecule has 0 rings (SSSR count). The molecule has 0 aliphatic carbocycles. The summed E-state index contributed by atoms with van der Waals surface area (Å²) in [5.41, 5.74) is 0. The Kier molecular flexibility index (Phi) is 45.8. The molecule has 340 valence electrons. The summed E-state index contributed by atoms with van der Waals surface area (Å²) in [7, 11) is 0. The Morgan fingerprint density at radius 2 is 0.569 bits per heavy atom. The van der Waals surface area contributed by atoms with Crippen molar-refractivity contribution in [3.05, 3.63) is 24.3 Å². The Labute approximate surface area is 360 Å². The molecule has 0 saturated heterocycles. The first-order valence-electron chi connectivity index (χ1n) is 25.3. The van der Waals surface area contributed by atoms with Crippen LogP contribution in [-0.4, -0.2) is 37.2 Å². The van der Waals surface area contributed by atoms with Gasteiger partial charge in [-0.05, 0) is 70.6 Å². The van der Waals surface area contributed by atoms with Gasteiger partial charge in [0, 0.05) is 19.3 Å². The lowest BCUT2D eigenvalue weighted by atomic mass is 10.0. The molecular weight excluding hydrogens is 721 g/mol. The zero-order chi connectivity index (χ0) is 42.3. The van der Waals surface area contributed by atoms with Gasteiger partial charge in [-0.15, -0.1) is 0 Å². The molecule has 0 heterocycles. The van der Waals surface area contributed by atoms with Crippen LogP contribution in [0.3, 0.4) is 0 Å². The second-order valence-electron chi connectivity index (χ2n) is 17.1. The summed E-state index contributed by atoms with van der Waals surface area (Å²) >= 11 is 0. The van der Waals surface area contributed by atoms with Crippen LogP contribution in [0.15, 0.2) is 24.3 Å². The van der Waals surface area contributed by atoms with Gasteiger partial charge in [0.1, 0.15) is 13.2 Å². The highest BCUT2D eigenvalue weighted by Gasteiger charge is 2.19. The summed E-state index contributed by atoms with van der Waals surface area (Å²) in [6, 6.07) is 0. The highest BCUT2D eigenvalue weighted by Crippen LogP contribution is 2.16. The zero-order valence-corrected chi connectivity index (χ0v) is 38.8. The molecule has 58 heavy (non-hydrogen) atoms. The first kappa shape index (κ1) is 55.9. The minimum absolute atomic E-state index is 0.0737. The van der Waals surface area contributed by atoms with Gasteiger partial charge in [-0.2, -0.15) is 0 Å². The molecular formula is C52H96O6. The van der Waals surface area contributed by atoms with Crippen LogP contribution in [-0.2, 0) is 28.6 Å². The topological polar surface area (TPSA) is 78.9 Å². The third-order valence-corrected chi connectivity index (χ3v) is 11.2. The van der Waals surface area contributed by atoms with Gasteiger partial charge >= 0.3 is 17.9 Å². The summed E-state index contributed by atoms with van der Waals surface area (Å²) in [4.78, 5) is 37.9. The standard InChI is InChI=1S/C52H96O6/c1-4-7-10-13-16-19-22-25-26-27-28-31-33-36-39-42-45-51(54)57-48-49(58-52(55)46-43-40-37-34-30-24-21-18-15-12-9-6-3)47-56-50(53)44-41-38-35-32-29-23-20-17-14-11-8-5-2/h17-18,20-21,49H,4-16,19,22-48H2,1-3H3/b20-17-,21-18-/t49-/m1/s1. The summed E-state index contributed by atoms with van der Waals surface area (Å²) < 4.78 is 16.8. The number of rotatable bonds is 46. The van der Waals surface area contributed by atoms with Crippen LogP contribution < -0.4 is 0 Å². The van der Waals surface area contributed by atoms with Crippen LogP contribution in [0.25, 0.3) is 0 Å². The molecule has 6 nitrogen and oxygen atoms in total. The monoisotopic (exact) mass is 817 g/mol. The van der Waals surface area contributed by atoms with E-state index in [1.54, 1.807) is 0 Å². The summed E-state index contributed by atoms with van der Waals surface area (Å²) in [6.45, 7) is 6.60. The number of hydrogen-bond donors (Lipinski definition) is 0. The van der Waals surface area contributed by atoms with Gasteiger partial charge in [-0.3, -0.25) is 14.4 Å². The van der Waals surface area contributed by atoms with Gasteiger partial charge in [0.15, 0.2) is 6.10 Å². The molecule has 0 radical (unpaired) electrons. The zero-order valence-electron chi connectivity index (χ0n) is 38.8. The number of carbonyl (C=O) groups excluding carboxylic acids is 3. The fraction of sp³-hybridized carbons (Fsp3) is 0.865. The van der Waals surface area contributed by atoms with E-state index in [0.717, 1.165) is 70.6 Å². The van der Waals surface area contributed by atoms with E-state index >= 15 is 0 Å². The van der Waals surface area contributed by atoms with E-state index in [4.69, 9.17) is 14.2 Å². The first-order chi connectivity index (χ1) is 28.5. The highest BCUT2D eigenvalue weighted by molar-refractivity contribution is 5.71. The van der Waals surface area contributed by atoms with Gasteiger partial charge in [-0.25, -0.2) is 0 Å². The first-order valence-corrected chi connectivity index (χ1v) is 25.3. The molecule has 0 unspecified atom stereocenters. The van der Waals surface area contributed by atoms with Crippen molar-refractivity contribution in [1.29, 1.82) is 0 Å². The van der Waals surface area contributed by atoms with E-state index in [2.05, 4.69) is 45.1 Å².